The zero-order valence-electron chi connectivity index (χ0n) is 7.61. The zero-order valence-corrected chi connectivity index (χ0v) is 9.19. The summed E-state index contributed by atoms with van der Waals surface area (Å²) in [6, 6.07) is 5.11. The monoisotopic (exact) mass is 266 g/mol. The van der Waals surface area contributed by atoms with E-state index in [-0.39, 0.29) is 5.91 Å². The Bertz CT molecular complexity index is 467. The number of nitrogens with one attached hydrogen (secondary N) is 1. The Labute approximate surface area is 94.4 Å². The number of carbonyl (C=O) groups excluding carboxylic acids is 1. The Hall–Kier alpha value is -1.62. The molecule has 0 atom stereocenters. The number of anilines is 1. The van der Waals surface area contributed by atoms with Crippen LogP contribution in [0, 0.1) is 0 Å². The lowest BCUT2D eigenvalue weighted by atomic mass is 10.3. The van der Waals surface area contributed by atoms with Crippen molar-refractivity contribution in [2.75, 3.05) is 5.32 Å². The van der Waals surface area contributed by atoms with Gasteiger partial charge in [-0.1, -0.05) is 0 Å². The van der Waals surface area contributed by atoms with Gasteiger partial charge in [-0.15, -0.1) is 0 Å². The van der Waals surface area contributed by atoms with Crippen molar-refractivity contribution >= 4 is 27.5 Å². The van der Waals surface area contributed by atoms with E-state index in [1.54, 1.807) is 30.6 Å². The van der Waals surface area contributed by atoms with Crippen LogP contribution in [0.2, 0.25) is 0 Å². The van der Waals surface area contributed by atoms with Crippen LogP contribution in [0.15, 0.2) is 45.9 Å². The van der Waals surface area contributed by atoms with E-state index < -0.39 is 0 Å². The highest BCUT2D eigenvalue weighted by atomic mass is 79.9. The van der Waals surface area contributed by atoms with Crippen molar-refractivity contribution in [3.8, 4) is 0 Å². The Morgan fingerprint density at radius 1 is 1.47 bits per heavy atom. The number of amides is 1. The van der Waals surface area contributed by atoms with Crippen molar-refractivity contribution in [2.45, 2.75) is 0 Å². The lowest BCUT2D eigenvalue weighted by molar-refractivity contribution is 0.102. The molecule has 4 nitrogen and oxygen atoms in total. The van der Waals surface area contributed by atoms with E-state index in [0.717, 1.165) is 0 Å². The molecule has 76 valence electrons. The molecule has 0 fully saturated rings. The van der Waals surface area contributed by atoms with Crippen LogP contribution < -0.4 is 5.32 Å². The van der Waals surface area contributed by atoms with Crippen molar-refractivity contribution in [3.05, 3.63) is 47.1 Å². The molecule has 0 saturated heterocycles. The lowest BCUT2D eigenvalue weighted by Crippen LogP contribution is -2.11. The van der Waals surface area contributed by atoms with E-state index in [1.807, 2.05) is 0 Å². The van der Waals surface area contributed by atoms with Crippen LogP contribution in [-0.2, 0) is 0 Å². The highest BCUT2D eigenvalue weighted by Crippen LogP contribution is 2.18. The Kier molecular flexibility index (Phi) is 2.82. The fourth-order valence-corrected chi connectivity index (χ4v) is 1.51. The topological polar surface area (TPSA) is 55.1 Å². The molecule has 0 aliphatic carbocycles. The highest BCUT2D eigenvalue weighted by Gasteiger charge is 2.12. The normalized spacial score (nSPS) is 9.93. The molecule has 0 unspecified atom stereocenters. The summed E-state index contributed by atoms with van der Waals surface area (Å²) in [7, 11) is 0. The van der Waals surface area contributed by atoms with E-state index in [0.29, 0.717) is 15.9 Å². The molecule has 15 heavy (non-hydrogen) atoms. The largest absolute Gasteiger partial charge is 0.457 e. The molecule has 2 rings (SSSR count). The van der Waals surface area contributed by atoms with Crippen LogP contribution in [0.3, 0.4) is 0 Å². The number of hydrogen-bond donors (Lipinski definition) is 1. The number of furan rings is 1. The van der Waals surface area contributed by atoms with Crippen LogP contribution in [0.25, 0.3) is 0 Å². The standard InChI is InChI=1S/C10H7BrN2O2/c11-9-8(3-5-15-9)10(14)13-7-2-1-4-12-6-7/h1-6H,(H,13,14). The third kappa shape index (κ3) is 2.24. The van der Waals surface area contributed by atoms with Crippen LogP contribution in [0.4, 0.5) is 5.69 Å². The number of carbonyl (C=O) groups is 1. The highest BCUT2D eigenvalue weighted by molar-refractivity contribution is 9.10. The van der Waals surface area contributed by atoms with E-state index in [4.69, 9.17) is 4.42 Å². The third-order valence-corrected chi connectivity index (χ3v) is 2.40. The molecule has 0 aliphatic heterocycles. The molecule has 0 radical (unpaired) electrons. The van der Waals surface area contributed by atoms with Gasteiger partial charge in [0.25, 0.3) is 5.91 Å². The van der Waals surface area contributed by atoms with Gasteiger partial charge in [0.1, 0.15) is 0 Å². The molecule has 0 aromatic carbocycles. The van der Waals surface area contributed by atoms with E-state index in [1.165, 1.54) is 6.26 Å². The first-order valence-electron chi connectivity index (χ1n) is 4.22. The minimum Gasteiger partial charge on any atom is -0.457 e. The third-order valence-electron chi connectivity index (χ3n) is 1.78. The molecule has 1 amide bonds. The second kappa shape index (κ2) is 4.27. The van der Waals surface area contributed by atoms with Gasteiger partial charge in [0.05, 0.1) is 23.7 Å². The van der Waals surface area contributed by atoms with Gasteiger partial charge in [-0.3, -0.25) is 9.78 Å². The number of halogens is 1. The lowest BCUT2D eigenvalue weighted by Gasteiger charge is -2.02. The van der Waals surface area contributed by atoms with Crippen LogP contribution in [-0.4, -0.2) is 10.9 Å². The number of aromatic nitrogens is 1. The second-order valence-corrected chi connectivity index (χ2v) is 3.52. The summed E-state index contributed by atoms with van der Waals surface area (Å²) in [6.07, 6.45) is 4.66. The first-order valence-corrected chi connectivity index (χ1v) is 5.01. The summed E-state index contributed by atoms with van der Waals surface area (Å²) >= 11 is 3.14. The first kappa shape index (κ1) is 9.92. The van der Waals surface area contributed by atoms with Gasteiger partial charge in [-0.2, -0.15) is 0 Å². The maximum Gasteiger partial charge on any atom is 0.260 e. The van der Waals surface area contributed by atoms with Gasteiger partial charge in [0.15, 0.2) is 4.67 Å². The predicted octanol–water partition coefficient (Wildman–Crippen LogP) is 2.69. The van der Waals surface area contributed by atoms with Gasteiger partial charge in [-0.05, 0) is 34.1 Å². The summed E-state index contributed by atoms with van der Waals surface area (Å²) in [6.45, 7) is 0. The van der Waals surface area contributed by atoms with Crippen LogP contribution in [0.1, 0.15) is 10.4 Å². The van der Waals surface area contributed by atoms with Gasteiger partial charge < -0.3 is 9.73 Å². The molecular weight excluding hydrogens is 260 g/mol. The molecule has 2 aromatic rings. The predicted molar refractivity (Wildman–Crippen MR) is 58.6 cm³/mol. The molecule has 0 aliphatic rings. The van der Waals surface area contributed by atoms with Crippen LogP contribution >= 0.6 is 15.9 Å². The minimum atomic E-state index is -0.233. The molecule has 2 aromatic heterocycles. The summed E-state index contributed by atoms with van der Waals surface area (Å²) in [4.78, 5) is 15.6. The van der Waals surface area contributed by atoms with Crippen molar-refractivity contribution in [2.24, 2.45) is 0 Å². The number of hydrogen-bond acceptors (Lipinski definition) is 3. The number of pyridine rings is 1. The van der Waals surface area contributed by atoms with Gasteiger partial charge >= 0.3 is 0 Å². The van der Waals surface area contributed by atoms with Gasteiger partial charge in [0, 0.05) is 6.20 Å². The van der Waals surface area contributed by atoms with Crippen molar-refractivity contribution in [3.63, 3.8) is 0 Å². The Balaban J connectivity index is 2.15. The van der Waals surface area contributed by atoms with Gasteiger partial charge in [0.2, 0.25) is 0 Å². The average molecular weight is 267 g/mol. The summed E-state index contributed by atoms with van der Waals surface area (Å²) in [5.41, 5.74) is 1.11. The van der Waals surface area contributed by atoms with E-state index >= 15 is 0 Å². The average Bonchev–Trinajstić information content (AvgIpc) is 2.66. The summed E-state index contributed by atoms with van der Waals surface area (Å²) in [5, 5.41) is 2.69. The molecule has 2 heterocycles. The molecule has 0 saturated carbocycles. The SMILES string of the molecule is O=C(Nc1cccnc1)c1ccoc1Br. The Morgan fingerprint density at radius 2 is 2.33 bits per heavy atom. The van der Waals surface area contributed by atoms with Crippen molar-refractivity contribution in [1.29, 1.82) is 0 Å². The molecule has 0 spiro atoms. The minimum absolute atomic E-state index is 0.233. The van der Waals surface area contributed by atoms with E-state index in [9.17, 15) is 4.79 Å². The Morgan fingerprint density at radius 3 is 2.93 bits per heavy atom. The van der Waals surface area contributed by atoms with Gasteiger partial charge in [-0.25, -0.2) is 0 Å². The van der Waals surface area contributed by atoms with E-state index in [2.05, 4.69) is 26.2 Å². The second-order valence-electron chi connectivity index (χ2n) is 2.80. The molecular formula is C10H7BrN2O2. The van der Waals surface area contributed by atoms with Crippen molar-refractivity contribution in [1.82, 2.24) is 4.98 Å². The van der Waals surface area contributed by atoms with Crippen LogP contribution in [0.5, 0.6) is 0 Å². The fourth-order valence-electron chi connectivity index (χ4n) is 1.09. The zero-order chi connectivity index (χ0) is 10.7. The first-order chi connectivity index (χ1) is 7.27. The summed E-state index contributed by atoms with van der Waals surface area (Å²) in [5.74, 6) is -0.233. The molecule has 1 N–H and O–H groups in total. The molecule has 5 heteroatoms. The fraction of sp³-hybridized carbons (Fsp3) is 0. The quantitative estimate of drug-likeness (QED) is 0.910. The number of rotatable bonds is 2. The van der Waals surface area contributed by atoms with Crippen molar-refractivity contribution < 1.29 is 9.21 Å². The maximum absolute atomic E-state index is 11.7. The maximum atomic E-state index is 11.7. The number of nitrogens with zero attached hydrogens (tertiary/aromatic N) is 1. The summed E-state index contributed by atoms with van der Waals surface area (Å²) < 4.78 is 5.38. The smallest absolute Gasteiger partial charge is 0.260 e. The molecule has 0 bridgehead atoms.